The lowest BCUT2D eigenvalue weighted by molar-refractivity contribution is -0.123. The summed E-state index contributed by atoms with van der Waals surface area (Å²) < 4.78 is 0. The summed E-state index contributed by atoms with van der Waals surface area (Å²) in [6.07, 6.45) is 86.5. The maximum atomic E-state index is 12.4. The minimum absolute atomic E-state index is 0.110. The number of carbonyl (C=O) groups excluding carboxylic acids is 1. The Morgan fingerprint density at radius 3 is 1.09 bits per heavy atom. The van der Waals surface area contributed by atoms with E-state index in [1.165, 1.54) is 51.4 Å². The highest BCUT2D eigenvalue weighted by Gasteiger charge is 2.17. The van der Waals surface area contributed by atoms with Crippen LogP contribution in [0.2, 0.25) is 0 Å². The molecule has 0 radical (unpaired) electrons. The smallest absolute Gasteiger partial charge is 0.220 e. The molecular formula is C60H95NO3. The first-order valence-corrected chi connectivity index (χ1v) is 25.7. The maximum Gasteiger partial charge on any atom is 0.220 e. The summed E-state index contributed by atoms with van der Waals surface area (Å²) in [5, 5.41) is 23.0. The van der Waals surface area contributed by atoms with Gasteiger partial charge in [0.25, 0.3) is 0 Å². The predicted molar refractivity (Wildman–Crippen MR) is 284 cm³/mol. The zero-order valence-electron chi connectivity index (χ0n) is 41.0. The average Bonchev–Trinajstić information content (AvgIpc) is 3.30. The molecule has 4 nitrogen and oxygen atoms in total. The summed E-state index contributed by atoms with van der Waals surface area (Å²) in [6, 6.07) is -0.672. The van der Waals surface area contributed by atoms with Crippen molar-refractivity contribution in [1.82, 2.24) is 5.32 Å². The molecule has 0 aromatic carbocycles. The van der Waals surface area contributed by atoms with Crippen LogP contribution in [-0.2, 0) is 4.79 Å². The van der Waals surface area contributed by atoms with E-state index in [9.17, 15) is 15.0 Å². The summed E-state index contributed by atoms with van der Waals surface area (Å²) in [6.45, 7) is 4.14. The Balaban J connectivity index is 3.77. The summed E-state index contributed by atoms with van der Waals surface area (Å²) in [7, 11) is 0. The molecule has 0 aromatic rings. The van der Waals surface area contributed by atoms with E-state index in [1.807, 2.05) is 6.08 Å². The van der Waals surface area contributed by atoms with Crippen LogP contribution in [-0.4, -0.2) is 34.9 Å². The lowest BCUT2D eigenvalue weighted by Gasteiger charge is -2.19. The topological polar surface area (TPSA) is 69.6 Å². The number of allylic oxidation sites excluding steroid dienone is 25. The molecule has 0 heterocycles. The number of hydrogen-bond donors (Lipinski definition) is 3. The summed E-state index contributed by atoms with van der Waals surface area (Å²) >= 11 is 0. The molecule has 4 heteroatoms. The molecule has 0 saturated heterocycles. The van der Waals surface area contributed by atoms with Gasteiger partial charge in [-0.3, -0.25) is 4.79 Å². The molecule has 0 aliphatic carbocycles. The van der Waals surface area contributed by atoms with E-state index < -0.39 is 12.1 Å². The Hall–Kier alpha value is -3.99. The van der Waals surface area contributed by atoms with Crippen molar-refractivity contribution >= 4 is 5.91 Å². The Morgan fingerprint density at radius 1 is 0.391 bits per heavy atom. The van der Waals surface area contributed by atoms with Gasteiger partial charge in [0.05, 0.1) is 18.8 Å². The van der Waals surface area contributed by atoms with E-state index in [0.717, 1.165) is 122 Å². The van der Waals surface area contributed by atoms with Crippen LogP contribution in [0.5, 0.6) is 0 Å². The third-order valence-corrected chi connectivity index (χ3v) is 10.5. The third kappa shape index (κ3) is 49.0. The molecule has 2 atom stereocenters. The van der Waals surface area contributed by atoms with Crippen LogP contribution in [0.4, 0.5) is 0 Å². The zero-order valence-corrected chi connectivity index (χ0v) is 41.0. The normalized spacial score (nSPS) is 14.2. The lowest BCUT2D eigenvalue weighted by Crippen LogP contribution is -2.45. The number of amides is 1. The van der Waals surface area contributed by atoms with Gasteiger partial charge >= 0.3 is 0 Å². The number of carbonyl (C=O) groups is 1. The van der Waals surface area contributed by atoms with Crippen LogP contribution in [0.25, 0.3) is 0 Å². The first-order chi connectivity index (χ1) is 31.7. The second kappa shape index (κ2) is 53.3. The van der Waals surface area contributed by atoms with Gasteiger partial charge in [0.15, 0.2) is 0 Å². The molecule has 0 rings (SSSR count). The SMILES string of the molecule is CC/C=C\C/C=C\C/C=C\C/C=C\C/C=C\C/C=C\C/C=C\C/C=C\C/C=C\C/C=C\CCCCCCC(=O)NC(CO)C(O)/C=C/CC/C=C/CC/C=C/CCCCCCCCC. The van der Waals surface area contributed by atoms with Gasteiger partial charge in [-0.1, -0.05) is 223 Å². The molecule has 0 aliphatic heterocycles. The van der Waals surface area contributed by atoms with Gasteiger partial charge in [-0.15, -0.1) is 0 Å². The number of unbranched alkanes of at least 4 members (excludes halogenated alkanes) is 13. The van der Waals surface area contributed by atoms with Crippen LogP contribution < -0.4 is 5.32 Å². The number of aliphatic hydroxyl groups is 2. The monoisotopic (exact) mass is 878 g/mol. The molecule has 0 aliphatic rings. The fraction of sp³-hybridized carbons (Fsp3) is 0.550. The molecule has 0 bridgehead atoms. The van der Waals surface area contributed by atoms with Gasteiger partial charge < -0.3 is 15.5 Å². The van der Waals surface area contributed by atoms with E-state index >= 15 is 0 Å². The van der Waals surface area contributed by atoms with Gasteiger partial charge in [-0.25, -0.2) is 0 Å². The Morgan fingerprint density at radius 2 is 0.703 bits per heavy atom. The fourth-order valence-electron chi connectivity index (χ4n) is 6.59. The first kappa shape index (κ1) is 60.0. The molecular weight excluding hydrogens is 783 g/mol. The van der Waals surface area contributed by atoms with Crippen LogP contribution in [0, 0.1) is 0 Å². The van der Waals surface area contributed by atoms with Crippen molar-refractivity contribution in [1.29, 1.82) is 0 Å². The van der Waals surface area contributed by atoms with E-state index in [4.69, 9.17) is 0 Å². The second-order valence-corrected chi connectivity index (χ2v) is 16.5. The highest BCUT2D eigenvalue weighted by molar-refractivity contribution is 5.76. The number of aliphatic hydroxyl groups excluding tert-OH is 2. The third-order valence-electron chi connectivity index (χ3n) is 10.5. The van der Waals surface area contributed by atoms with Crippen molar-refractivity contribution in [3.8, 4) is 0 Å². The van der Waals surface area contributed by atoms with Crippen LogP contribution in [0.15, 0.2) is 158 Å². The van der Waals surface area contributed by atoms with Crippen LogP contribution in [0.1, 0.15) is 194 Å². The summed E-state index contributed by atoms with van der Waals surface area (Å²) in [5.74, 6) is -0.110. The van der Waals surface area contributed by atoms with Crippen LogP contribution in [0.3, 0.4) is 0 Å². The van der Waals surface area contributed by atoms with Crippen molar-refractivity contribution in [2.75, 3.05) is 6.61 Å². The minimum Gasteiger partial charge on any atom is -0.394 e. The molecule has 1 amide bonds. The highest BCUT2D eigenvalue weighted by atomic mass is 16.3. The average molecular weight is 878 g/mol. The van der Waals surface area contributed by atoms with E-state index in [2.05, 4.69) is 165 Å². The predicted octanol–water partition coefficient (Wildman–Crippen LogP) is 17.0. The molecule has 3 N–H and O–H groups in total. The largest absolute Gasteiger partial charge is 0.394 e. The van der Waals surface area contributed by atoms with Gasteiger partial charge in [0.2, 0.25) is 5.91 Å². The molecule has 0 aromatic heterocycles. The molecule has 358 valence electrons. The Kier molecular flexibility index (Phi) is 50.0. The van der Waals surface area contributed by atoms with Crippen LogP contribution >= 0.6 is 0 Å². The quantitative estimate of drug-likeness (QED) is 0.0422. The van der Waals surface area contributed by atoms with Crippen molar-refractivity contribution in [2.24, 2.45) is 0 Å². The summed E-state index contributed by atoms with van der Waals surface area (Å²) in [4.78, 5) is 12.4. The van der Waals surface area contributed by atoms with E-state index in [1.54, 1.807) is 6.08 Å². The second-order valence-electron chi connectivity index (χ2n) is 16.5. The maximum absolute atomic E-state index is 12.4. The highest BCUT2D eigenvalue weighted by Crippen LogP contribution is 2.10. The zero-order chi connectivity index (χ0) is 46.3. The molecule has 2 unspecified atom stereocenters. The fourth-order valence-corrected chi connectivity index (χ4v) is 6.59. The standard InChI is InChI=1S/C60H95NO3/c1-3-5-7-9-11-13-15-17-19-21-22-23-24-25-26-27-28-29-30-31-32-33-34-35-36-37-38-40-42-44-46-48-50-52-54-56-60(64)61-58(57-62)59(63)55-53-51-49-47-45-43-41-39-20-18-16-14-12-10-8-6-4-2/h5,7,11,13,17,19-20,22-23,25-26,28-29,31-32,34-35,37-39,42,44-45,47,53,55,58-59,62-63H,3-4,6,8-10,12,14-16,18,21,24,27,30,33,36,40-41,43,46,48-52,54,56-57H2,1-2H3,(H,61,64)/b7-5-,13-11-,19-17-,23-22-,26-25-,29-28-,32-31-,35-34-,38-37-,39-20+,44-42-,47-45+,55-53+. The molecule has 64 heavy (non-hydrogen) atoms. The van der Waals surface area contributed by atoms with E-state index in [-0.39, 0.29) is 12.5 Å². The van der Waals surface area contributed by atoms with Gasteiger partial charge in [-0.2, -0.15) is 0 Å². The van der Waals surface area contributed by atoms with Crippen molar-refractivity contribution in [3.63, 3.8) is 0 Å². The van der Waals surface area contributed by atoms with Gasteiger partial charge in [0, 0.05) is 6.42 Å². The number of rotatable bonds is 44. The molecule has 0 spiro atoms. The molecule has 0 saturated carbocycles. The van der Waals surface area contributed by atoms with E-state index in [0.29, 0.717) is 6.42 Å². The minimum atomic E-state index is -0.893. The Bertz CT molecular complexity index is 1410. The molecule has 0 fully saturated rings. The lowest BCUT2D eigenvalue weighted by atomic mass is 10.1. The number of nitrogens with one attached hydrogen (secondary N) is 1. The van der Waals surface area contributed by atoms with Gasteiger partial charge in [0.1, 0.15) is 0 Å². The Labute approximate surface area is 395 Å². The van der Waals surface area contributed by atoms with Crippen molar-refractivity contribution in [3.05, 3.63) is 158 Å². The summed E-state index contributed by atoms with van der Waals surface area (Å²) in [5.41, 5.74) is 0. The van der Waals surface area contributed by atoms with Gasteiger partial charge in [-0.05, 0) is 122 Å². The first-order valence-electron chi connectivity index (χ1n) is 25.7. The number of hydrogen-bond acceptors (Lipinski definition) is 3. The van der Waals surface area contributed by atoms with Crippen molar-refractivity contribution in [2.45, 2.75) is 206 Å². The van der Waals surface area contributed by atoms with Crippen molar-refractivity contribution < 1.29 is 15.0 Å².